The van der Waals surface area contributed by atoms with E-state index in [4.69, 9.17) is 5.26 Å². The molecule has 1 heteroatoms. The van der Waals surface area contributed by atoms with Gasteiger partial charge in [-0.3, -0.25) is 0 Å². The molecule has 9 heavy (non-hydrogen) atoms. The van der Waals surface area contributed by atoms with Crippen molar-refractivity contribution in [3.63, 3.8) is 0 Å². The number of hydrogen-bond donors (Lipinski definition) is 0. The zero-order chi connectivity index (χ0) is 6.69. The van der Waals surface area contributed by atoms with E-state index in [-0.39, 0.29) is 0 Å². The maximum absolute atomic E-state index is 8.32. The quantitative estimate of drug-likeness (QED) is 0.451. The van der Waals surface area contributed by atoms with Crippen LogP contribution < -0.4 is 0 Å². The second-order valence-electron chi connectivity index (χ2n) is 2.64. The van der Waals surface area contributed by atoms with E-state index in [9.17, 15) is 0 Å². The first-order valence-electron chi connectivity index (χ1n) is 3.43. The van der Waals surface area contributed by atoms with Gasteiger partial charge >= 0.3 is 0 Å². The third-order valence-corrected chi connectivity index (χ3v) is 1.99. The van der Waals surface area contributed by atoms with E-state index >= 15 is 0 Å². The van der Waals surface area contributed by atoms with Gasteiger partial charge in [-0.2, -0.15) is 5.26 Å². The van der Waals surface area contributed by atoms with Crippen molar-refractivity contribution in [2.24, 2.45) is 5.92 Å². The fourth-order valence-electron chi connectivity index (χ4n) is 1.34. The fourth-order valence-corrected chi connectivity index (χ4v) is 1.34. The second kappa shape index (κ2) is 2.68. The van der Waals surface area contributed by atoms with Gasteiger partial charge in [-0.05, 0) is 25.2 Å². The molecule has 1 fully saturated rings. The molecule has 0 spiro atoms. The highest BCUT2D eigenvalue weighted by Crippen LogP contribution is 2.29. The molecule has 0 heterocycles. The van der Waals surface area contributed by atoms with Crippen molar-refractivity contribution in [3.8, 4) is 6.07 Å². The van der Waals surface area contributed by atoms with Crippen molar-refractivity contribution in [3.05, 3.63) is 11.6 Å². The molecular formula is C8H11N. The second-order valence-corrected chi connectivity index (χ2v) is 2.64. The first-order valence-corrected chi connectivity index (χ1v) is 3.43. The molecule has 0 aromatic rings. The molecule has 48 valence electrons. The topological polar surface area (TPSA) is 23.8 Å². The van der Waals surface area contributed by atoms with Gasteiger partial charge in [-0.25, -0.2) is 0 Å². The average Bonchev–Trinajstić information content (AvgIpc) is 2.18. The van der Waals surface area contributed by atoms with Crippen LogP contribution in [0.5, 0.6) is 0 Å². The van der Waals surface area contributed by atoms with Crippen LogP contribution in [-0.4, -0.2) is 0 Å². The van der Waals surface area contributed by atoms with Crippen LogP contribution in [0, 0.1) is 17.2 Å². The van der Waals surface area contributed by atoms with Crippen LogP contribution in [0.1, 0.15) is 26.2 Å². The normalized spacial score (nSPS) is 30.7. The summed E-state index contributed by atoms with van der Waals surface area (Å²) in [5, 5.41) is 8.32. The highest BCUT2D eigenvalue weighted by molar-refractivity contribution is 5.18. The van der Waals surface area contributed by atoms with E-state index < -0.39 is 0 Å². The Kier molecular flexibility index (Phi) is 1.89. The van der Waals surface area contributed by atoms with Gasteiger partial charge in [0.2, 0.25) is 0 Å². The summed E-state index contributed by atoms with van der Waals surface area (Å²) < 4.78 is 0. The smallest absolute Gasteiger partial charge is 0.0911 e. The van der Waals surface area contributed by atoms with Gasteiger partial charge in [-0.1, -0.05) is 12.5 Å². The minimum Gasteiger partial charge on any atom is -0.193 e. The molecule has 1 aliphatic rings. The van der Waals surface area contributed by atoms with Crippen LogP contribution in [-0.2, 0) is 0 Å². The molecular weight excluding hydrogens is 110 g/mol. The molecule has 1 aliphatic carbocycles. The lowest BCUT2D eigenvalue weighted by Crippen LogP contribution is -1.86. The van der Waals surface area contributed by atoms with Crippen LogP contribution in [0.4, 0.5) is 0 Å². The number of nitrogens with zero attached hydrogens (tertiary/aromatic N) is 1. The van der Waals surface area contributed by atoms with E-state index in [1.165, 1.54) is 18.4 Å². The summed E-state index contributed by atoms with van der Waals surface area (Å²) >= 11 is 0. The van der Waals surface area contributed by atoms with Crippen LogP contribution in [0.2, 0.25) is 0 Å². The summed E-state index contributed by atoms with van der Waals surface area (Å²) in [6, 6.07) is 2.08. The summed E-state index contributed by atoms with van der Waals surface area (Å²) in [7, 11) is 0. The predicted octanol–water partition coefficient (Wildman–Crippen LogP) is 2.26. The molecule has 0 amide bonds. The number of nitriles is 1. The first kappa shape index (κ1) is 6.35. The summed E-state index contributed by atoms with van der Waals surface area (Å²) in [4.78, 5) is 0. The molecule has 1 rings (SSSR count). The van der Waals surface area contributed by atoms with E-state index in [1.54, 1.807) is 6.08 Å². The van der Waals surface area contributed by atoms with Crippen molar-refractivity contribution in [2.45, 2.75) is 26.2 Å². The Morgan fingerprint density at radius 2 is 2.56 bits per heavy atom. The molecule has 0 bridgehead atoms. The van der Waals surface area contributed by atoms with E-state index in [1.807, 2.05) is 0 Å². The van der Waals surface area contributed by atoms with Crippen LogP contribution >= 0.6 is 0 Å². The molecule has 0 saturated heterocycles. The maximum atomic E-state index is 8.32. The van der Waals surface area contributed by atoms with Crippen LogP contribution in [0.3, 0.4) is 0 Å². The zero-order valence-electron chi connectivity index (χ0n) is 5.72. The molecule has 0 aromatic heterocycles. The molecule has 0 aromatic carbocycles. The van der Waals surface area contributed by atoms with Gasteiger partial charge in [0.05, 0.1) is 6.07 Å². The Hall–Kier alpha value is -0.770. The highest BCUT2D eigenvalue weighted by Gasteiger charge is 2.14. The Labute approximate surface area is 56.0 Å². The largest absolute Gasteiger partial charge is 0.193 e. The van der Waals surface area contributed by atoms with Crippen molar-refractivity contribution < 1.29 is 0 Å². The van der Waals surface area contributed by atoms with Gasteiger partial charge in [0, 0.05) is 6.08 Å². The van der Waals surface area contributed by atoms with Crippen molar-refractivity contribution in [1.82, 2.24) is 0 Å². The minimum absolute atomic E-state index is 0.671. The monoisotopic (exact) mass is 121 g/mol. The minimum atomic E-state index is 0.671. The third-order valence-electron chi connectivity index (χ3n) is 1.99. The average molecular weight is 121 g/mol. The molecule has 1 saturated carbocycles. The van der Waals surface area contributed by atoms with Crippen molar-refractivity contribution in [2.75, 3.05) is 0 Å². The Morgan fingerprint density at radius 3 is 3.00 bits per heavy atom. The molecule has 0 radical (unpaired) electrons. The molecule has 1 nitrogen and oxygen atoms in total. The molecule has 1 unspecified atom stereocenters. The van der Waals surface area contributed by atoms with Crippen LogP contribution in [0.15, 0.2) is 11.6 Å². The fraction of sp³-hybridized carbons (Fsp3) is 0.625. The summed E-state index contributed by atoms with van der Waals surface area (Å²) in [6.07, 6.45) is 5.40. The van der Waals surface area contributed by atoms with E-state index in [0.29, 0.717) is 5.92 Å². The van der Waals surface area contributed by atoms with Gasteiger partial charge in [0.25, 0.3) is 0 Å². The van der Waals surface area contributed by atoms with Gasteiger partial charge in [-0.15, -0.1) is 0 Å². The third kappa shape index (κ3) is 1.32. The zero-order valence-corrected chi connectivity index (χ0v) is 5.72. The summed E-state index contributed by atoms with van der Waals surface area (Å²) in [5.74, 6) is 0.671. The summed E-state index contributed by atoms with van der Waals surface area (Å²) in [6.45, 7) is 2.19. The van der Waals surface area contributed by atoms with Crippen molar-refractivity contribution >= 4 is 0 Å². The highest BCUT2D eigenvalue weighted by atomic mass is 14.2. The van der Waals surface area contributed by atoms with E-state index in [2.05, 4.69) is 13.0 Å². The first-order chi connectivity index (χ1) is 4.34. The lowest BCUT2D eigenvalue weighted by molar-refractivity contribution is 0.696. The summed E-state index contributed by atoms with van der Waals surface area (Å²) in [5.41, 5.74) is 1.34. The SMILES string of the molecule is CC1CCC/C1=C/C#N. The molecule has 1 atom stereocenters. The molecule has 0 N–H and O–H groups in total. The van der Waals surface area contributed by atoms with Crippen molar-refractivity contribution in [1.29, 1.82) is 5.26 Å². The molecule has 0 aliphatic heterocycles. The lowest BCUT2D eigenvalue weighted by Gasteiger charge is -1.99. The lowest BCUT2D eigenvalue weighted by atomic mass is 10.1. The maximum Gasteiger partial charge on any atom is 0.0911 e. The van der Waals surface area contributed by atoms with Gasteiger partial charge in [0.1, 0.15) is 0 Å². The number of hydrogen-bond acceptors (Lipinski definition) is 1. The van der Waals surface area contributed by atoms with E-state index in [0.717, 1.165) is 6.42 Å². The standard InChI is InChI=1S/C8H11N/c1-7-3-2-4-8(7)5-6-9/h5,7H,2-4H2,1H3/b8-5-. The Balaban J connectivity index is 2.62. The van der Waals surface area contributed by atoms with Gasteiger partial charge < -0.3 is 0 Å². The Bertz CT molecular complexity index is 162. The Morgan fingerprint density at radius 1 is 1.78 bits per heavy atom. The van der Waals surface area contributed by atoms with Crippen LogP contribution in [0.25, 0.3) is 0 Å². The number of rotatable bonds is 0. The predicted molar refractivity (Wildman–Crippen MR) is 36.7 cm³/mol. The van der Waals surface area contributed by atoms with Gasteiger partial charge in [0.15, 0.2) is 0 Å². The number of allylic oxidation sites excluding steroid dienone is 2.